The van der Waals surface area contributed by atoms with Crippen LogP contribution in [0.1, 0.15) is 18.9 Å². The molecule has 7 heteroatoms. The van der Waals surface area contributed by atoms with Crippen LogP contribution in [-0.2, 0) is 25.6 Å². The Labute approximate surface area is 136 Å². The second kappa shape index (κ2) is 9.68. The minimum atomic E-state index is -0.510. The minimum absolute atomic E-state index is 0.0217. The molecule has 1 aromatic rings. The number of hydrogen-bond donors (Lipinski definition) is 2. The van der Waals surface area contributed by atoms with Crippen molar-refractivity contribution in [1.82, 2.24) is 5.32 Å². The number of nitrogens with two attached hydrogens (primary N) is 1. The Kier molecular flexibility index (Phi) is 7.90. The maximum Gasteiger partial charge on any atom is 0.309 e. The van der Waals surface area contributed by atoms with Crippen LogP contribution in [0.2, 0.25) is 0 Å². The molecule has 1 rings (SSSR count). The summed E-state index contributed by atoms with van der Waals surface area (Å²) in [5, 5.41) is 3.15. The van der Waals surface area contributed by atoms with Gasteiger partial charge in [0.25, 0.3) is 0 Å². The first-order valence-electron chi connectivity index (χ1n) is 7.34. The zero-order valence-corrected chi connectivity index (χ0v) is 13.8. The largest absolute Gasteiger partial charge is 0.495 e. The summed E-state index contributed by atoms with van der Waals surface area (Å²) in [6, 6.07) is 5.55. The number of benzene rings is 1. The first-order valence-corrected chi connectivity index (χ1v) is 7.34. The molecule has 7 nitrogen and oxygen atoms in total. The molecule has 1 aromatic carbocycles. The third-order valence-electron chi connectivity index (χ3n) is 3.25. The highest BCUT2D eigenvalue weighted by atomic mass is 16.5. The van der Waals surface area contributed by atoms with Crippen LogP contribution in [0.5, 0.6) is 5.75 Å². The fourth-order valence-corrected chi connectivity index (χ4v) is 1.91. The number of carbonyl (C=O) groups is 2. The Morgan fingerprint density at radius 2 is 2.04 bits per heavy atom. The van der Waals surface area contributed by atoms with Crippen LogP contribution >= 0.6 is 0 Å². The van der Waals surface area contributed by atoms with E-state index in [4.69, 9.17) is 15.2 Å². The van der Waals surface area contributed by atoms with Gasteiger partial charge in [-0.25, -0.2) is 0 Å². The predicted octanol–water partition coefficient (Wildman–Crippen LogP) is 1.11. The average molecular weight is 324 g/mol. The van der Waals surface area contributed by atoms with E-state index in [0.29, 0.717) is 24.5 Å². The Morgan fingerprint density at radius 3 is 2.65 bits per heavy atom. The van der Waals surface area contributed by atoms with E-state index in [1.54, 1.807) is 20.1 Å². The lowest BCUT2D eigenvalue weighted by Crippen LogP contribution is -2.24. The molecule has 128 valence electrons. The van der Waals surface area contributed by atoms with E-state index in [-0.39, 0.29) is 13.0 Å². The zero-order valence-electron chi connectivity index (χ0n) is 13.8. The molecule has 0 amide bonds. The molecule has 0 radical (unpaired) electrons. The smallest absolute Gasteiger partial charge is 0.309 e. The van der Waals surface area contributed by atoms with E-state index in [9.17, 15) is 9.59 Å². The molecular weight excluding hydrogens is 300 g/mol. The second-order valence-corrected chi connectivity index (χ2v) is 5.10. The van der Waals surface area contributed by atoms with Gasteiger partial charge in [-0.1, -0.05) is 13.0 Å². The monoisotopic (exact) mass is 324 g/mol. The van der Waals surface area contributed by atoms with Crippen molar-refractivity contribution in [3.8, 4) is 5.75 Å². The van der Waals surface area contributed by atoms with E-state index in [2.05, 4.69) is 10.1 Å². The number of methoxy groups -OCH3 is 2. The Morgan fingerprint density at radius 1 is 1.30 bits per heavy atom. The van der Waals surface area contributed by atoms with Gasteiger partial charge in [-0.3, -0.25) is 9.59 Å². The highest BCUT2D eigenvalue weighted by molar-refractivity contribution is 5.79. The molecule has 0 heterocycles. The first-order chi connectivity index (χ1) is 11.0. The Bertz CT molecular complexity index is 533. The zero-order chi connectivity index (χ0) is 17.2. The summed E-state index contributed by atoms with van der Waals surface area (Å²) >= 11 is 0. The van der Waals surface area contributed by atoms with Gasteiger partial charge in [0.2, 0.25) is 0 Å². The minimum Gasteiger partial charge on any atom is -0.495 e. The molecule has 0 aliphatic rings. The van der Waals surface area contributed by atoms with E-state index in [1.165, 1.54) is 7.11 Å². The Hall–Kier alpha value is -2.28. The SMILES string of the molecule is COC(=O)C[C@@H](C)C(=O)OCCNCc1ccc(OC)c(N)c1. The average Bonchev–Trinajstić information content (AvgIpc) is 2.54. The van der Waals surface area contributed by atoms with Crippen molar-refractivity contribution < 1.29 is 23.8 Å². The quantitative estimate of drug-likeness (QED) is 0.399. The van der Waals surface area contributed by atoms with E-state index < -0.39 is 17.9 Å². The van der Waals surface area contributed by atoms with Crippen molar-refractivity contribution in [2.45, 2.75) is 19.9 Å². The fourth-order valence-electron chi connectivity index (χ4n) is 1.91. The normalized spacial score (nSPS) is 11.6. The highest BCUT2D eigenvalue weighted by Gasteiger charge is 2.18. The van der Waals surface area contributed by atoms with E-state index in [0.717, 1.165) is 5.56 Å². The molecule has 0 aliphatic carbocycles. The van der Waals surface area contributed by atoms with Crippen LogP contribution in [0, 0.1) is 5.92 Å². The molecule has 0 aliphatic heterocycles. The van der Waals surface area contributed by atoms with Gasteiger partial charge in [0.05, 0.1) is 32.2 Å². The maximum absolute atomic E-state index is 11.7. The number of anilines is 1. The summed E-state index contributed by atoms with van der Waals surface area (Å²) in [5.74, 6) is -0.707. The molecule has 1 atom stereocenters. The highest BCUT2D eigenvalue weighted by Crippen LogP contribution is 2.21. The number of nitrogens with one attached hydrogen (secondary N) is 1. The van der Waals surface area contributed by atoms with Gasteiger partial charge < -0.3 is 25.3 Å². The van der Waals surface area contributed by atoms with E-state index >= 15 is 0 Å². The molecule has 0 aromatic heterocycles. The molecule has 0 saturated heterocycles. The van der Waals surface area contributed by atoms with Crippen LogP contribution in [0.15, 0.2) is 18.2 Å². The topological polar surface area (TPSA) is 99.9 Å². The van der Waals surface area contributed by atoms with Gasteiger partial charge >= 0.3 is 11.9 Å². The molecule has 0 saturated carbocycles. The lowest BCUT2D eigenvalue weighted by Gasteiger charge is -2.11. The van der Waals surface area contributed by atoms with Crippen molar-refractivity contribution in [2.24, 2.45) is 5.92 Å². The van der Waals surface area contributed by atoms with Crippen molar-refractivity contribution >= 4 is 17.6 Å². The summed E-state index contributed by atoms with van der Waals surface area (Å²) in [6.45, 7) is 2.97. The summed E-state index contributed by atoms with van der Waals surface area (Å²) < 4.78 is 14.7. The van der Waals surface area contributed by atoms with Gasteiger partial charge in [-0.2, -0.15) is 0 Å². The molecular formula is C16H24N2O5. The number of nitrogen functional groups attached to an aromatic ring is 1. The Balaban J connectivity index is 2.23. The molecule has 0 bridgehead atoms. The third-order valence-corrected chi connectivity index (χ3v) is 3.25. The first kappa shape index (κ1) is 18.8. The summed E-state index contributed by atoms with van der Waals surface area (Å²) in [7, 11) is 2.86. The lowest BCUT2D eigenvalue weighted by molar-refractivity contribution is -0.153. The second-order valence-electron chi connectivity index (χ2n) is 5.10. The summed E-state index contributed by atoms with van der Waals surface area (Å²) in [5.41, 5.74) is 7.41. The number of ether oxygens (including phenoxy) is 3. The van der Waals surface area contributed by atoms with Crippen LogP contribution in [0.3, 0.4) is 0 Å². The molecule has 0 fully saturated rings. The van der Waals surface area contributed by atoms with Crippen LogP contribution in [-0.4, -0.2) is 39.3 Å². The molecule has 0 spiro atoms. The van der Waals surface area contributed by atoms with Crippen molar-refractivity contribution in [3.05, 3.63) is 23.8 Å². The number of carbonyl (C=O) groups excluding carboxylic acids is 2. The van der Waals surface area contributed by atoms with Crippen LogP contribution in [0.4, 0.5) is 5.69 Å². The lowest BCUT2D eigenvalue weighted by atomic mass is 10.1. The summed E-state index contributed by atoms with van der Waals surface area (Å²) in [6.07, 6.45) is 0.0217. The number of hydrogen-bond acceptors (Lipinski definition) is 7. The molecule has 3 N–H and O–H groups in total. The number of esters is 2. The molecule has 23 heavy (non-hydrogen) atoms. The van der Waals surface area contributed by atoms with Gasteiger partial charge in [0.1, 0.15) is 12.4 Å². The van der Waals surface area contributed by atoms with Gasteiger partial charge in [0, 0.05) is 13.1 Å². The number of rotatable bonds is 9. The predicted molar refractivity (Wildman–Crippen MR) is 85.9 cm³/mol. The maximum atomic E-state index is 11.7. The summed E-state index contributed by atoms with van der Waals surface area (Å²) in [4.78, 5) is 22.7. The molecule has 0 unspecified atom stereocenters. The van der Waals surface area contributed by atoms with Crippen LogP contribution < -0.4 is 15.8 Å². The van der Waals surface area contributed by atoms with Crippen molar-refractivity contribution in [3.63, 3.8) is 0 Å². The van der Waals surface area contributed by atoms with Gasteiger partial charge in [-0.05, 0) is 17.7 Å². The van der Waals surface area contributed by atoms with Gasteiger partial charge in [-0.15, -0.1) is 0 Å². The van der Waals surface area contributed by atoms with Crippen LogP contribution in [0.25, 0.3) is 0 Å². The van der Waals surface area contributed by atoms with Crippen molar-refractivity contribution in [2.75, 3.05) is 33.1 Å². The fraction of sp³-hybridized carbons (Fsp3) is 0.500. The third kappa shape index (κ3) is 6.56. The standard InChI is InChI=1S/C16H24N2O5/c1-11(8-15(19)22-3)16(20)23-7-6-18-10-12-4-5-14(21-2)13(17)9-12/h4-5,9,11,18H,6-8,10,17H2,1-3H3/t11-/m1/s1. The van der Waals surface area contributed by atoms with Gasteiger partial charge in [0.15, 0.2) is 0 Å². The van der Waals surface area contributed by atoms with E-state index in [1.807, 2.05) is 12.1 Å². The van der Waals surface area contributed by atoms with Crippen molar-refractivity contribution in [1.29, 1.82) is 0 Å².